The van der Waals surface area contributed by atoms with Gasteiger partial charge in [-0.3, -0.25) is 4.79 Å². The maximum Gasteiger partial charge on any atom is 0.256 e. The minimum absolute atomic E-state index is 0.196. The number of anilines is 1. The number of thioether (sulfide) groups is 2. The van der Waals surface area contributed by atoms with Gasteiger partial charge in [-0.2, -0.15) is 5.10 Å². The predicted octanol–water partition coefficient (Wildman–Crippen LogP) is 5.44. The molecule has 144 valence electrons. The van der Waals surface area contributed by atoms with Crippen molar-refractivity contribution in [3.05, 3.63) is 77.2 Å². The molecule has 0 spiro atoms. The number of halogens is 1. The molecule has 28 heavy (non-hydrogen) atoms. The molecule has 1 amide bonds. The quantitative estimate of drug-likeness (QED) is 0.619. The molecule has 3 aromatic rings. The zero-order valence-electron chi connectivity index (χ0n) is 15.4. The number of carbonyl (C=O) groups is 1. The first-order chi connectivity index (χ1) is 13.6. The van der Waals surface area contributed by atoms with Crippen molar-refractivity contribution < 1.29 is 9.18 Å². The van der Waals surface area contributed by atoms with E-state index in [1.165, 1.54) is 35.6 Å². The van der Waals surface area contributed by atoms with Gasteiger partial charge in [-0.05, 0) is 66.8 Å². The minimum atomic E-state index is -0.312. The second-order valence-electron chi connectivity index (χ2n) is 6.56. The van der Waals surface area contributed by atoms with Crippen molar-refractivity contribution in [3.63, 3.8) is 0 Å². The lowest BCUT2D eigenvalue weighted by Crippen LogP contribution is -2.15. The average molecular weight is 414 g/mol. The molecule has 1 aliphatic rings. The summed E-state index contributed by atoms with van der Waals surface area (Å²) in [6.07, 6.45) is 1.26. The summed E-state index contributed by atoms with van der Waals surface area (Å²) in [5, 5.41) is 7.32. The molecule has 0 radical (unpaired) electrons. The Morgan fingerprint density at radius 3 is 2.46 bits per heavy atom. The highest BCUT2D eigenvalue weighted by Crippen LogP contribution is 2.43. The highest BCUT2D eigenvalue weighted by molar-refractivity contribution is 8.16. The van der Waals surface area contributed by atoms with Crippen LogP contribution in [0, 0.1) is 12.7 Å². The van der Waals surface area contributed by atoms with E-state index < -0.39 is 0 Å². The predicted molar refractivity (Wildman–Crippen MR) is 115 cm³/mol. The summed E-state index contributed by atoms with van der Waals surface area (Å²) < 4.78 is 15.3. The molecule has 1 saturated heterocycles. The molecule has 2 aromatic carbocycles. The van der Waals surface area contributed by atoms with E-state index in [0.717, 1.165) is 5.69 Å². The first-order valence-electron chi connectivity index (χ1n) is 9.07. The fourth-order valence-electron chi connectivity index (χ4n) is 3.03. The highest BCUT2D eigenvalue weighted by Gasteiger charge is 2.17. The van der Waals surface area contributed by atoms with Crippen LogP contribution in [0.4, 0.5) is 10.2 Å². The Labute approximate surface area is 171 Å². The molecule has 1 N–H and O–H groups in total. The van der Waals surface area contributed by atoms with Crippen LogP contribution in [0.3, 0.4) is 0 Å². The first kappa shape index (κ1) is 19.1. The van der Waals surface area contributed by atoms with Crippen LogP contribution >= 0.6 is 23.5 Å². The molecule has 1 aliphatic heterocycles. The van der Waals surface area contributed by atoms with Crippen molar-refractivity contribution in [2.45, 2.75) is 17.9 Å². The maximum absolute atomic E-state index is 13.2. The number of hydrogen-bond acceptors (Lipinski definition) is 4. The molecular formula is C21H20FN3OS2. The van der Waals surface area contributed by atoms with Crippen LogP contribution in [-0.2, 0) is 0 Å². The Balaban J connectivity index is 1.51. The Hall–Kier alpha value is -2.25. The molecule has 1 aromatic heterocycles. The van der Waals surface area contributed by atoms with Gasteiger partial charge in [0.1, 0.15) is 11.6 Å². The molecule has 4 nitrogen and oxygen atoms in total. The summed E-state index contributed by atoms with van der Waals surface area (Å²) in [4.78, 5) is 12.7. The van der Waals surface area contributed by atoms with Gasteiger partial charge in [0.15, 0.2) is 0 Å². The summed E-state index contributed by atoms with van der Waals surface area (Å²) in [5.41, 5.74) is 3.30. The lowest BCUT2D eigenvalue weighted by atomic mass is 10.1. The summed E-state index contributed by atoms with van der Waals surface area (Å²) in [6.45, 7) is 1.85. The molecule has 2 heterocycles. The van der Waals surface area contributed by atoms with Crippen molar-refractivity contribution in [1.82, 2.24) is 9.78 Å². The van der Waals surface area contributed by atoms with E-state index in [0.29, 0.717) is 21.7 Å². The van der Waals surface area contributed by atoms with Crippen molar-refractivity contribution in [1.29, 1.82) is 0 Å². The number of aromatic nitrogens is 2. The second kappa shape index (κ2) is 8.41. The van der Waals surface area contributed by atoms with E-state index in [1.54, 1.807) is 22.9 Å². The third-order valence-electron chi connectivity index (χ3n) is 4.42. The fourth-order valence-corrected chi connectivity index (χ4v) is 5.92. The van der Waals surface area contributed by atoms with E-state index in [-0.39, 0.29) is 11.7 Å². The third kappa shape index (κ3) is 4.25. The molecule has 1 fully saturated rings. The fraction of sp³-hybridized carbons (Fsp3) is 0.238. The Bertz CT molecular complexity index is 964. The number of nitrogens with one attached hydrogen (secondary N) is 1. The largest absolute Gasteiger partial charge is 0.306 e. The molecule has 4 rings (SSSR count). The van der Waals surface area contributed by atoms with Gasteiger partial charge in [0.05, 0.1) is 16.0 Å². The van der Waals surface area contributed by atoms with Crippen molar-refractivity contribution in [2.75, 3.05) is 16.8 Å². The third-order valence-corrected chi connectivity index (χ3v) is 7.43. The van der Waals surface area contributed by atoms with Gasteiger partial charge in [0, 0.05) is 11.6 Å². The van der Waals surface area contributed by atoms with Crippen molar-refractivity contribution >= 4 is 35.2 Å². The van der Waals surface area contributed by atoms with Gasteiger partial charge in [-0.1, -0.05) is 12.1 Å². The standard InChI is InChI=1S/C21H20FN3OS2/c1-14-13-19(25(24-14)18-9-7-17(22)8-10-18)23-20(26)15-3-5-16(6-4-15)21-27-11-2-12-28-21/h3-10,13,21H,2,11-12H2,1H3,(H,23,26). The molecular weight excluding hydrogens is 393 g/mol. The van der Waals surface area contributed by atoms with Crippen molar-refractivity contribution in [2.24, 2.45) is 0 Å². The van der Waals surface area contributed by atoms with Crippen LogP contribution in [0.15, 0.2) is 54.6 Å². The minimum Gasteiger partial charge on any atom is -0.306 e. The molecule has 0 aliphatic carbocycles. The smallest absolute Gasteiger partial charge is 0.256 e. The maximum atomic E-state index is 13.2. The Kier molecular flexibility index (Phi) is 5.73. The molecule has 0 unspecified atom stereocenters. The van der Waals surface area contributed by atoms with E-state index in [9.17, 15) is 9.18 Å². The van der Waals surface area contributed by atoms with Gasteiger partial charge < -0.3 is 5.32 Å². The van der Waals surface area contributed by atoms with Gasteiger partial charge in [-0.15, -0.1) is 23.5 Å². The number of rotatable bonds is 4. The van der Waals surface area contributed by atoms with Crippen LogP contribution in [0.2, 0.25) is 0 Å². The summed E-state index contributed by atoms with van der Waals surface area (Å²) in [5.74, 6) is 2.42. The summed E-state index contributed by atoms with van der Waals surface area (Å²) >= 11 is 3.92. The van der Waals surface area contributed by atoms with Crippen molar-refractivity contribution in [3.8, 4) is 5.69 Å². The number of carbonyl (C=O) groups excluding carboxylic acids is 1. The first-order valence-corrected chi connectivity index (χ1v) is 11.2. The normalized spacial score (nSPS) is 14.8. The number of hydrogen-bond donors (Lipinski definition) is 1. The topological polar surface area (TPSA) is 46.9 Å². The molecule has 0 bridgehead atoms. The van der Waals surface area contributed by atoms with Gasteiger partial charge in [-0.25, -0.2) is 9.07 Å². The number of benzene rings is 2. The molecule has 0 saturated carbocycles. The van der Waals surface area contributed by atoms with Gasteiger partial charge in [0.2, 0.25) is 0 Å². The van der Waals surface area contributed by atoms with E-state index in [4.69, 9.17) is 0 Å². The van der Waals surface area contributed by atoms with E-state index in [1.807, 2.05) is 54.7 Å². The highest BCUT2D eigenvalue weighted by atomic mass is 32.2. The Morgan fingerprint density at radius 1 is 1.11 bits per heavy atom. The zero-order chi connectivity index (χ0) is 19.5. The van der Waals surface area contributed by atoms with Crippen LogP contribution in [0.25, 0.3) is 5.69 Å². The molecule has 0 atom stereocenters. The second-order valence-corrected chi connectivity index (χ2v) is 9.29. The average Bonchev–Trinajstić information content (AvgIpc) is 3.09. The number of nitrogens with zero attached hydrogens (tertiary/aromatic N) is 2. The van der Waals surface area contributed by atoms with Crippen LogP contribution in [0.1, 0.15) is 32.6 Å². The lowest BCUT2D eigenvalue weighted by Gasteiger charge is -2.21. The Morgan fingerprint density at radius 2 is 1.79 bits per heavy atom. The monoisotopic (exact) mass is 413 g/mol. The lowest BCUT2D eigenvalue weighted by molar-refractivity contribution is 0.102. The number of amides is 1. The zero-order valence-corrected chi connectivity index (χ0v) is 17.0. The number of aryl methyl sites for hydroxylation is 1. The van der Waals surface area contributed by atoms with Crippen LogP contribution in [0.5, 0.6) is 0 Å². The van der Waals surface area contributed by atoms with Gasteiger partial charge >= 0.3 is 0 Å². The van der Waals surface area contributed by atoms with Crippen LogP contribution < -0.4 is 5.32 Å². The van der Waals surface area contributed by atoms with Gasteiger partial charge in [0.25, 0.3) is 5.91 Å². The van der Waals surface area contributed by atoms with E-state index >= 15 is 0 Å². The van der Waals surface area contributed by atoms with Crippen LogP contribution in [-0.4, -0.2) is 27.2 Å². The summed E-state index contributed by atoms with van der Waals surface area (Å²) in [6, 6.07) is 15.6. The summed E-state index contributed by atoms with van der Waals surface area (Å²) in [7, 11) is 0. The SMILES string of the molecule is Cc1cc(NC(=O)c2ccc(C3SCCCS3)cc2)n(-c2ccc(F)cc2)n1. The molecule has 7 heteroatoms. The van der Waals surface area contributed by atoms with E-state index in [2.05, 4.69) is 10.4 Å².